The van der Waals surface area contributed by atoms with Crippen molar-refractivity contribution in [2.45, 2.75) is 32.2 Å². The van der Waals surface area contributed by atoms with E-state index in [0.717, 1.165) is 64.2 Å². The first-order valence-electron chi connectivity index (χ1n) is 9.40. The lowest BCUT2D eigenvalue weighted by atomic mass is 10.1. The maximum absolute atomic E-state index is 12.8. The van der Waals surface area contributed by atoms with Gasteiger partial charge in [0.1, 0.15) is 5.82 Å². The van der Waals surface area contributed by atoms with Crippen LogP contribution in [0, 0.1) is 0 Å². The first kappa shape index (κ1) is 17.2. The summed E-state index contributed by atoms with van der Waals surface area (Å²) in [7, 11) is 2.08. The number of rotatable bonds is 2. The molecule has 1 aromatic carbocycles. The highest BCUT2D eigenvalue weighted by atomic mass is 16.2. The Balaban J connectivity index is 1.61. The van der Waals surface area contributed by atoms with E-state index in [2.05, 4.69) is 17.4 Å². The normalized spacial score (nSPS) is 19.1. The topological polar surface area (TPSA) is 70.5 Å². The fourth-order valence-corrected chi connectivity index (χ4v) is 3.69. The molecule has 0 bridgehead atoms. The van der Waals surface area contributed by atoms with Gasteiger partial charge in [0.2, 0.25) is 0 Å². The number of hydrogen-bond acceptors (Lipinski definition) is 5. The number of benzene rings is 1. The molecular formula is C19H25N5O2. The van der Waals surface area contributed by atoms with Crippen LogP contribution in [0.25, 0.3) is 10.9 Å². The fourth-order valence-electron chi connectivity index (χ4n) is 3.69. The van der Waals surface area contributed by atoms with Crippen LogP contribution in [0.15, 0.2) is 23.0 Å². The second kappa shape index (κ2) is 7.17. The number of hydrogen-bond donors (Lipinski definition) is 1. The van der Waals surface area contributed by atoms with Crippen LogP contribution in [-0.4, -0.2) is 58.6 Å². The third-order valence-corrected chi connectivity index (χ3v) is 5.34. The molecule has 1 amide bonds. The molecule has 1 fully saturated rings. The predicted octanol–water partition coefficient (Wildman–Crippen LogP) is 1.02. The lowest BCUT2D eigenvalue weighted by molar-refractivity contribution is 0.0662. The number of nitrogens with one attached hydrogen (secondary N) is 1. The zero-order valence-electron chi connectivity index (χ0n) is 15.2. The minimum atomic E-state index is -0.145. The van der Waals surface area contributed by atoms with Gasteiger partial charge in [-0.3, -0.25) is 19.6 Å². The Morgan fingerprint density at radius 1 is 1.08 bits per heavy atom. The van der Waals surface area contributed by atoms with E-state index in [1.807, 2.05) is 5.01 Å². The highest BCUT2D eigenvalue weighted by Crippen LogP contribution is 2.16. The molecule has 138 valence electrons. The van der Waals surface area contributed by atoms with Crippen molar-refractivity contribution in [2.75, 3.05) is 33.2 Å². The van der Waals surface area contributed by atoms with Crippen molar-refractivity contribution < 1.29 is 4.79 Å². The van der Waals surface area contributed by atoms with E-state index in [4.69, 9.17) is 4.98 Å². The van der Waals surface area contributed by atoms with Gasteiger partial charge in [-0.1, -0.05) is 6.42 Å². The van der Waals surface area contributed by atoms with Gasteiger partial charge in [-0.25, -0.2) is 9.99 Å². The molecule has 4 rings (SSSR count). The molecule has 2 aliphatic heterocycles. The summed E-state index contributed by atoms with van der Waals surface area (Å²) in [6.07, 6.45) is 4.02. The van der Waals surface area contributed by atoms with Crippen LogP contribution in [-0.2, 0) is 13.0 Å². The quantitative estimate of drug-likeness (QED) is 0.871. The molecule has 26 heavy (non-hydrogen) atoms. The van der Waals surface area contributed by atoms with Crippen molar-refractivity contribution in [1.29, 1.82) is 0 Å². The number of hydrazine groups is 1. The van der Waals surface area contributed by atoms with Crippen LogP contribution in [0.2, 0.25) is 0 Å². The Morgan fingerprint density at radius 2 is 1.88 bits per heavy atom. The van der Waals surface area contributed by atoms with Crippen LogP contribution < -0.4 is 11.0 Å². The maximum Gasteiger partial charge on any atom is 0.265 e. The van der Waals surface area contributed by atoms with E-state index in [1.54, 1.807) is 22.8 Å². The number of amides is 1. The van der Waals surface area contributed by atoms with Gasteiger partial charge in [0.25, 0.3) is 11.5 Å². The van der Waals surface area contributed by atoms with Gasteiger partial charge >= 0.3 is 0 Å². The first-order chi connectivity index (χ1) is 12.6. The highest BCUT2D eigenvalue weighted by molar-refractivity contribution is 5.97. The summed E-state index contributed by atoms with van der Waals surface area (Å²) in [4.78, 5) is 32.3. The zero-order chi connectivity index (χ0) is 18.1. The standard InChI is InChI=1S/C19H25N5O2/c1-22-9-11-23(12-10-22)21-18(25)14-6-7-15-16(13-14)20-17-5-3-2-4-8-24(17)19(15)26/h6-7,13H,2-5,8-12H2,1H3,(H,21,25). The number of piperazine rings is 1. The molecule has 2 aromatic rings. The third-order valence-electron chi connectivity index (χ3n) is 5.34. The smallest absolute Gasteiger partial charge is 0.265 e. The average molecular weight is 355 g/mol. The van der Waals surface area contributed by atoms with E-state index in [-0.39, 0.29) is 11.5 Å². The fraction of sp³-hybridized carbons (Fsp3) is 0.526. The molecule has 3 heterocycles. The van der Waals surface area contributed by atoms with Crippen molar-refractivity contribution in [1.82, 2.24) is 24.9 Å². The minimum Gasteiger partial charge on any atom is -0.304 e. The van der Waals surface area contributed by atoms with E-state index in [0.29, 0.717) is 16.5 Å². The van der Waals surface area contributed by atoms with Gasteiger partial charge in [0.05, 0.1) is 10.9 Å². The average Bonchev–Trinajstić information content (AvgIpc) is 2.89. The molecule has 0 atom stereocenters. The van der Waals surface area contributed by atoms with Gasteiger partial charge in [-0.05, 0) is 38.1 Å². The van der Waals surface area contributed by atoms with Crippen molar-refractivity contribution in [2.24, 2.45) is 0 Å². The highest BCUT2D eigenvalue weighted by Gasteiger charge is 2.18. The maximum atomic E-state index is 12.8. The number of aromatic nitrogens is 2. The molecule has 2 aliphatic rings. The number of likely N-dealkylation sites (N-methyl/N-ethyl adjacent to an activating group) is 1. The second-order valence-electron chi connectivity index (χ2n) is 7.26. The number of nitrogens with zero attached hydrogens (tertiary/aromatic N) is 4. The van der Waals surface area contributed by atoms with E-state index in [9.17, 15) is 9.59 Å². The van der Waals surface area contributed by atoms with Crippen molar-refractivity contribution >= 4 is 16.8 Å². The van der Waals surface area contributed by atoms with Crippen LogP contribution >= 0.6 is 0 Å². The summed E-state index contributed by atoms with van der Waals surface area (Å²) in [5.74, 6) is 0.699. The molecule has 0 aliphatic carbocycles. The van der Waals surface area contributed by atoms with E-state index < -0.39 is 0 Å². The van der Waals surface area contributed by atoms with E-state index >= 15 is 0 Å². The Labute approximate surface area is 152 Å². The molecule has 0 saturated carbocycles. The Kier molecular flexibility index (Phi) is 4.74. The molecule has 1 aromatic heterocycles. The predicted molar refractivity (Wildman–Crippen MR) is 100 cm³/mol. The molecular weight excluding hydrogens is 330 g/mol. The number of aryl methyl sites for hydroxylation is 1. The summed E-state index contributed by atoms with van der Waals surface area (Å²) in [6.45, 7) is 4.22. The van der Waals surface area contributed by atoms with Crippen molar-refractivity contribution in [3.8, 4) is 0 Å². The Hall–Kier alpha value is -2.25. The molecule has 7 heteroatoms. The van der Waals surface area contributed by atoms with Gasteiger partial charge in [-0.2, -0.15) is 0 Å². The first-order valence-corrected chi connectivity index (χ1v) is 9.40. The molecule has 1 N–H and O–H groups in total. The summed E-state index contributed by atoms with van der Waals surface area (Å²) in [5.41, 5.74) is 4.14. The van der Waals surface area contributed by atoms with Crippen molar-refractivity contribution in [3.63, 3.8) is 0 Å². The Bertz CT molecular complexity index is 883. The third kappa shape index (κ3) is 3.37. The largest absolute Gasteiger partial charge is 0.304 e. The van der Waals surface area contributed by atoms with Crippen LogP contribution in [0.3, 0.4) is 0 Å². The summed E-state index contributed by atoms with van der Waals surface area (Å²) < 4.78 is 1.80. The zero-order valence-corrected chi connectivity index (χ0v) is 15.2. The molecule has 0 radical (unpaired) electrons. The molecule has 7 nitrogen and oxygen atoms in total. The summed E-state index contributed by atoms with van der Waals surface area (Å²) >= 11 is 0. The number of carbonyl (C=O) groups is 1. The SMILES string of the molecule is CN1CCN(NC(=O)c2ccc3c(=O)n4c(nc3c2)CCCCC4)CC1. The van der Waals surface area contributed by atoms with Gasteiger partial charge in [0, 0.05) is 44.7 Å². The minimum absolute atomic E-state index is 0.0120. The van der Waals surface area contributed by atoms with Gasteiger partial charge in [0.15, 0.2) is 0 Å². The van der Waals surface area contributed by atoms with Crippen LogP contribution in [0.4, 0.5) is 0 Å². The Morgan fingerprint density at radius 3 is 2.69 bits per heavy atom. The van der Waals surface area contributed by atoms with Crippen LogP contribution in [0.1, 0.15) is 35.4 Å². The second-order valence-corrected chi connectivity index (χ2v) is 7.26. The van der Waals surface area contributed by atoms with Gasteiger partial charge < -0.3 is 4.90 Å². The van der Waals surface area contributed by atoms with E-state index in [1.165, 1.54) is 0 Å². The van der Waals surface area contributed by atoms with Gasteiger partial charge in [-0.15, -0.1) is 0 Å². The van der Waals surface area contributed by atoms with Crippen molar-refractivity contribution in [3.05, 3.63) is 39.9 Å². The van der Waals surface area contributed by atoms with Crippen LogP contribution in [0.5, 0.6) is 0 Å². The molecule has 1 saturated heterocycles. The molecule has 0 unspecified atom stereocenters. The lowest BCUT2D eigenvalue weighted by Crippen LogP contribution is -2.52. The molecule has 0 spiro atoms. The summed E-state index contributed by atoms with van der Waals surface area (Å²) in [5, 5.41) is 2.54. The summed E-state index contributed by atoms with van der Waals surface area (Å²) in [6, 6.07) is 5.20. The number of carbonyl (C=O) groups excluding carboxylic acids is 1. The number of fused-ring (bicyclic) bond motifs is 2. The monoisotopic (exact) mass is 355 g/mol. The lowest BCUT2D eigenvalue weighted by Gasteiger charge is -2.32.